The van der Waals surface area contributed by atoms with Crippen molar-refractivity contribution in [3.05, 3.63) is 52.9 Å². The van der Waals surface area contributed by atoms with Gasteiger partial charge in [0.05, 0.1) is 10.7 Å². The zero-order valence-electron chi connectivity index (χ0n) is 9.36. The monoisotopic (exact) mass is 267 g/mol. The van der Waals surface area contributed by atoms with E-state index in [1.54, 1.807) is 24.3 Å². The maximum atomic E-state index is 13.5. The van der Waals surface area contributed by atoms with Crippen molar-refractivity contribution in [2.45, 2.75) is 6.61 Å². The number of hydrogen-bond acceptors (Lipinski definition) is 4. The number of halogens is 2. The van der Waals surface area contributed by atoms with Gasteiger partial charge >= 0.3 is 0 Å². The molecular weight excluding hydrogens is 257 g/mol. The first-order valence-corrected chi connectivity index (χ1v) is 5.58. The predicted octanol–water partition coefficient (Wildman–Crippen LogP) is 2.74. The molecule has 0 saturated heterocycles. The second-order valence-corrected chi connectivity index (χ2v) is 3.91. The Balaban J connectivity index is 2.09. The number of hydrogen-bond donors (Lipinski definition) is 2. The van der Waals surface area contributed by atoms with Crippen molar-refractivity contribution in [3.63, 3.8) is 0 Å². The van der Waals surface area contributed by atoms with Gasteiger partial charge in [-0.3, -0.25) is 0 Å². The minimum atomic E-state index is -0.577. The molecule has 1 aromatic carbocycles. The Morgan fingerprint density at radius 3 is 2.83 bits per heavy atom. The van der Waals surface area contributed by atoms with E-state index in [0.29, 0.717) is 11.5 Å². The largest absolute Gasteiger partial charge is 0.484 e. The van der Waals surface area contributed by atoms with Crippen LogP contribution in [0.15, 0.2) is 36.4 Å². The minimum absolute atomic E-state index is 0.0258. The van der Waals surface area contributed by atoms with Crippen molar-refractivity contribution in [2.24, 2.45) is 5.84 Å². The summed E-state index contributed by atoms with van der Waals surface area (Å²) in [4.78, 5) is 4.14. The lowest BCUT2D eigenvalue weighted by molar-refractivity contribution is 0.286. The molecule has 2 rings (SSSR count). The van der Waals surface area contributed by atoms with Crippen LogP contribution in [0.3, 0.4) is 0 Å². The summed E-state index contributed by atoms with van der Waals surface area (Å²) in [5.41, 5.74) is 3.05. The van der Waals surface area contributed by atoms with Crippen molar-refractivity contribution < 1.29 is 9.13 Å². The van der Waals surface area contributed by atoms with Crippen molar-refractivity contribution in [1.82, 2.24) is 4.98 Å². The highest BCUT2D eigenvalue weighted by Crippen LogP contribution is 2.24. The van der Waals surface area contributed by atoms with Crippen LogP contribution in [0.2, 0.25) is 5.02 Å². The summed E-state index contributed by atoms with van der Waals surface area (Å²) in [5.74, 6) is 5.27. The number of nitrogens with zero attached hydrogens (tertiary/aromatic N) is 1. The van der Waals surface area contributed by atoms with E-state index < -0.39 is 5.82 Å². The Hall–Kier alpha value is -1.85. The first kappa shape index (κ1) is 12.6. The molecule has 3 N–H and O–H groups in total. The van der Waals surface area contributed by atoms with Crippen LogP contribution >= 0.6 is 11.6 Å². The van der Waals surface area contributed by atoms with Crippen molar-refractivity contribution >= 4 is 17.4 Å². The highest BCUT2D eigenvalue weighted by molar-refractivity contribution is 6.30. The molecule has 18 heavy (non-hydrogen) atoms. The van der Waals surface area contributed by atoms with Gasteiger partial charge in [0, 0.05) is 0 Å². The first-order chi connectivity index (χ1) is 8.70. The summed E-state index contributed by atoms with van der Waals surface area (Å²) in [6.45, 7) is 0.132. The Morgan fingerprint density at radius 2 is 2.06 bits per heavy atom. The zero-order valence-corrected chi connectivity index (χ0v) is 10.1. The Morgan fingerprint density at radius 1 is 1.28 bits per heavy atom. The summed E-state index contributed by atoms with van der Waals surface area (Å²) in [6, 6.07) is 9.82. The quantitative estimate of drug-likeness (QED) is 0.661. The third-order valence-electron chi connectivity index (χ3n) is 2.25. The van der Waals surface area contributed by atoms with Gasteiger partial charge in [0.1, 0.15) is 12.4 Å². The van der Waals surface area contributed by atoms with Crippen LogP contribution in [0.25, 0.3) is 0 Å². The minimum Gasteiger partial charge on any atom is -0.484 e. The van der Waals surface area contributed by atoms with Crippen LogP contribution in [0.1, 0.15) is 5.69 Å². The van der Waals surface area contributed by atoms with E-state index in [1.165, 1.54) is 12.1 Å². The predicted molar refractivity (Wildman–Crippen MR) is 67.8 cm³/mol. The number of anilines is 1. The van der Waals surface area contributed by atoms with E-state index in [4.69, 9.17) is 22.2 Å². The molecular formula is C12H11ClFN3O. The van der Waals surface area contributed by atoms with Crippen LogP contribution in [0.4, 0.5) is 10.2 Å². The molecule has 0 spiro atoms. The SMILES string of the molecule is NNc1cccc(COc2cccc(Cl)c2F)n1. The van der Waals surface area contributed by atoms with Crippen LogP contribution in [-0.4, -0.2) is 4.98 Å². The average molecular weight is 268 g/mol. The molecule has 0 aliphatic rings. The maximum absolute atomic E-state index is 13.5. The second kappa shape index (κ2) is 5.66. The standard InChI is InChI=1S/C12H11ClFN3O/c13-9-4-2-5-10(12(9)14)18-7-8-3-1-6-11(16-8)17-15/h1-6H,7,15H2,(H,16,17). The summed E-state index contributed by atoms with van der Waals surface area (Å²) in [5, 5.41) is 0.0258. The van der Waals surface area contributed by atoms with Crippen molar-refractivity contribution in [3.8, 4) is 5.75 Å². The molecule has 0 aliphatic carbocycles. The molecule has 1 aromatic heterocycles. The highest BCUT2D eigenvalue weighted by atomic mass is 35.5. The molecule has 2 aromatic rings. The summed E-state index contributed by atoms with van der Waals surface area (Å²) in [6.07, 6.45) is 0. The summed E-state index contributed by atoms with van der Waals surface area (Å²) < 4.78 is 18.9. The average Bonchev–Trinajstić information content (AvgIpc) is 2.41. The lowest BCUT2D eigenvalue weighted by Crippen LogP contribution is -2.10. The number of pyridine rings is 1. The number of nitrogen functional groups attached to an aromatic ring is 1. The van der Waals surface area contributed by atoms with E-state index in [9.17, 15) is 4.39 Å². The van der Waals surface area contributed by atoms with Crippen LogP contribution in [-0.2, 0) is 6.61 Å². The Kier molecular flexibility index (Phi) is 3.96. The topological polar surface area (TPSA) is 60.2 Å². The maximum Gasteiger partial charge on any atom is 0.183 e. The summed E-state index contributed by atoms with van der Waals surface area (Å²) in [7, 11) is 0. The van der Waals surface area contributed by atoms with Crippen LogP contribution in [0.5, 0.6) is 5.75 Å². The number of nitrogens with one attached hydrogen (secondary N) is 1. The van der Waals surface area contributed by atoms with Gasteiger partial charge in [-0.05, 0) is 24.3 Å². The number of benzene rings is 1. The van der Waals surface area contributed by atoms with Crippen molar-refractivity contribution in [2.75, 3.05) is 5.43 Å². The van der Waals surface area contributed by atoms with Crippen LogP contribution in [0, 0.1) is 5.82 Å². The number of ether oxygens (including phenoxy) is 1. The van der Waals surface area contributed by atoms with Gasteiger partial charge in [0.25, 0.3) is 0 Å². The van der Waals surface area contributed by atoms with E-state index in [-0.39, 0.29) is 17.4 Å². The van der Waals surface area contributed by atoms with Crippen LogP contribution < -0.4 is 16.0 Å². The molecule has 1 heterocycles. The molecule has 94 valence electrons. The third-order valence-corrected chi connectivity index (χ3v) is 2.54. The van der Waals surface area contributed by atoms with E-state index in [0.717, 1.165) is 0 Å². The van der Waals surface area contributed by atoms with Gasteiger partial charge in [0.15, 0.2) is 11.6 Å². The molecule has 6 heteroatoms. The fourth-order valence-electron chi connectivity index (χ4n) is 1.39. The molecule has 4 nitrogen and oxygen atoms in total. The third kappa shape index (κ3) is 2.88. The van der Waals surface area contributed by atoms with Gasteiger partial charge < -0.3 is 10.2 Å². The molecule has 0 amide bonds. The molecule has 0 unspecified atom stereocenters. The van der Waals surface area contributed by atoms with Crippen molar-refractivity contribution in [1.29, 1.82) is 0 Å². The lowest BCUT2D eigenvalue weighted by atomic mass is 10.3. The lowest BCUT2D eigenvalue weighted by Gasteiger charge is -2.08. The van der Waals surface area contributed by atoms with E-state index in [1.807, 2.05) is 0 Å². The number of hydrazine groups is 1. The Bertz CT molecular complexity index is 551. The molecule has 0 atom stereocenters. The number of aromatic nitrogens is 1. The fourth-order valence-corrected chi connectivity index (χ4v) is 1.55. The summed E-state index contributed by atoms with van der Waals surface area (Å²) >= 11 is 5.65. The van der Waals surface area contributed by atoms with Gasteiger partial charge in [-0.1, -0.05) is 23.7 Å². The highest BCUT2D eigenvalue weighted by Gasteiger charge is 2.07. The number of nitrogens with two attached hydrogens (primary N) is 1. The zero-order chi connectivity index (χ0) is 13.0. The Labute approximate surface area is 109 Å². The molecule has 0 aliphatic heterocycles. The fraction of sp³-hybridized carbons (Fsp3) is 0.0833. The second-order valence-electron chi connectivity index (χ2n) is 3.50. The molecule has 0 saturated carbocycles. The normalized spacial score (nSPS) is 10.2. The molecule has 0 fully saturated rings. The van der Waals surface area contributed by atoms with Gasteiger partial charge in [0.2, 0.25) is 0 Å². The van der Waals surface area contributed by atoms with Gasteiger partial charge in [-0.2, -0.15) is 0 Å². The van der Waals surface area contributed by atoms with E-state index in [2.05, 4.69) is 10.4 Å². The molecule has 0 bridgehead atoms. The first-order valence-electron chi connectivity index (χ1n) is 5.20. The van der Waals surface area contributed by atoms with Gasteiger partial charge in [-0.15, -0.1) is 0 Å². The molecule has 0 radical (unpaired) electrons. The smallest absolute Gasteiger partial charge is 0.183 e. The van der Waals surface area contributed by atoms with Gasteiger partial charge in [-0.25, -0.2) is 15.2 Å². The number of rotatable bonds is 4. The van der Waals surface area contributed by atoms with E-state index >= 15 is 0 Å².